The molecule has 1 N–H and O–H groups in total. The van der Waals surface area contributed by atoms with Crippen molar-refractivity contribution in [2.45, 2.75) is 63.2 Å². The van der Waals surface area contributed by atoms with Gasteiger partial charge in [-0.15, -0.1) is 0 Å². The second-order valence-corrected chi connectivity index (χ2v) is 11.3. The van der Waals surface area contributed by atoms with Gasteiger partial charge in [0.2, 0.25) is 0 Å². The van der Waals surface area contributed by atoms with E-state index in [0.29, 0.717) is 12.2 Å². The van der Waals surface area contributed by atoms with Gasteiger partial charge in [0.25, 0.3) is 8.53 Å². The highest BCUT2D eigenvalue weighted by Gasteiger charge is 2.56. The Morgan fingerprint density at radius 3 is 2.86 bits per heavy atom. The average Bonchev–Trinajstić information content (AvgIpc) is 3.57. The van der Waals surface area contributed by atoms with Crippen molar-refractivity contribution in [3.05, 3.63) is 58.1 Å². The fraction of sp³-hybridized carbons (Fsp3) is 0.560. The number of ether oxygens (including phenoxy) is 1. The predicted molar refractivity (Wildman–Crippen MR) is 137 cm³/mol. The summed E-state index contributed by atoms with van der Waals surface area (Å²) < 4.78 is 23.0. The van der Waals surface area contributed by atoms with E-state index in [-0.39, 0.29) is 12.6 Å². The van der Waals surface area contributed by atoms with Gasteiger partial charge in [0.1, 0.15) is 17.9 Å². The van der Waals surface area contributed by atoms with Crippen molar-refractivity contribution < 1.29 is 18.9 Å². The van der Waals surface area contributed by atoms with E-state index in [9.17, 15) is 9.90 Å². The number of aryl methyl sites for hydroxylation is 1. The molecule has 0 aliphatic carbocycles. The zero-order valence-electron chi connectivity index (χ0n) is 21.1. The predicted octanol–water partition coefficient (Wildman–Crippen LogP) is 3.08. The zero-order chi connectivity index (χ0) is 25.4. The van der Waals surface area contributed by atoms with Gasteiger partial charge in [0.05, 0.1) is 25.1 Å². The van der Waals surface area contributed by atoms with E-state index in [2.05, 4.69) is 33.7 Å². The first-order chi connectivity index (χ1) is 17.3. The van der Waals surface area contributed by atoms with Gasteiger partial charge in [-0.3, -0.25) is 4.57 Å². The summed E-state index contributed by atoms with van der Waals surface area (Å²) in [6.45, 7) is 4.70. The average molecular weight is 516 g/mol. The Bertz CT molecular complexity index is 1160. The second-order valence-electron chi connectivity index (χ2n) is 9.96. The van der Waals surface area contributed by atoms with Gasteiger partial charge in [0, 0.05) is 38.8 Å². The van der Waals surface area contributed by atoms with Crippen LogP contribution in [0.4, 0.5) is 5.82 Å². The fourth-order valence-corrected chi connectivity index (χ4v) is 7.35. The maximum absolute atomic E-state index is 12.8. The molecule has 0 radical (unpaired) electrons. The molecule has 0 unspecified atom stereocenters. The van der Waals surface area contributed by atoms with Gasteiger partial charge in [-0.25, -0.2) is 14.5 Å². The summed E-state index contributed by atoms with van der Waals surface area (Å²) in [6.07, 6.45) is 4.29. The molecule has 5 rings (SSSR count). The van der Waals surface area contributed by atoms with Crippen molar-refractivity contribution in [2.24, 2.45) is 4.99 Å². The monoisotopic (exact) mass is 515 g/mol. The molecular weight excluding hydrogens is 481 g/mol. The molecule has 3 aliphatic rings. The highest BCUT2D eigenvalue weighted by Crippen LogP contribution is 2.63. The van der Waals surface area contributed by atoms with E-state index >= 15 is 0 Å². The molecule has 1 aromatic carbocycles. The molecule has 0 bridgehead atoms. The van der Waals surface area contributed by atoms with Gasteiger partial charge < -0.3 is 23.8 Å². The molecule has 10 nitrogen and oxygen atoms in total. The Balaban J connectivity index is 1.34. The van der Waals surface area contributed by atoms with Crippen LogP contribution in [0.15, 0.2) is 46.3 Å². The molecular formula is C25H34N5O5P. The van der Waals surface area contributed by atoms with Crippen molar-refractivity contribution in [3.8, 4) is 0 Å². The van der Waals surface area contributed by atoms with E-state index < -0.39 is 38.3 Å². The van der Waals surface area contributed by atoms with Gasteiger partial charge in [0.15, 0.2) is 5.82 Å². The van der Waals surface area contributed by atoms with E-state index in [0.717, 1.165) is 30.5 Å². The van der Waals surface area contributed by atoms with Crippen LogP contribution < -0.4 is 5.69 Å². The molecule has 0 saturated carbocycles. The van der Waals surface area contributed by atoms with Crippen molar-refractivity contribution in [1.29, 1.82) is 0 Å². The van der Waals surface area contributed by atoms with Gasteiger partial charge in [-0.1, -0.05) is 30.3 Å². The fourth-order valence-electron chi connectivity index (χ4n) is 5.21. The number of hydrogen-bond acceptors (Lipinski definition) is 8. The lowest BCUT2D eigenvalue weighted by atomic mass is 9.87. The maximum atomic E-state index is 12.8. The topological polar surface area (TPSA) is 102 Å². The van der Waals surface area contributed by atoms with E-state index in [1.165, 1.54) is 4.57 Å². The molecule has 2 aromatic rings. The normalized spacial score (nSPS) is 32.4. The molecule has 11 heteroatoms. The van der Waals surface area contributed by atoms with Crippen LogP contribution in [0.5, 0.6) is 0 Å². The number of benzene rings is 1. The lowest BCUT2D eigenvalue weighted by molar-refractivity contribution is -0.0435. The number of aromatic nitrogens is 2. The molecule has 3 fully saturated rings. The van der Waals surface area contributed by atoms with Crippen LogP contribution in [-0.2, 0) is 19.4 Å². The molecule has 36 heavy (non-hydrogen) atoms. The molecule has 3 aliphatic heterocycles. The first kappa shape index (κ1) is 25.4. The highest BCUT2D eigenvalue weighted by atomic mass is 31.2. The Labute approximate surface area is 212 Å². The van der Waals surface area contributed by atoms with Crippen LogP contribution in [0.25, 0.3) is 0 Å². The van der Waals surface area contributed by atoms with Gasteiger partial charge in [-0.05, 0) is 32.3 Å². The minimum atomic E-state index is -1.34. The van der Waals surface area contributed by atoms with Crippen LogP contribution in [0, 0.1) is 6.92 Å². The van der Waals surface area contributed by atoms with Gasteiger partial charge in [-0.2, -0.15) is 4.98 Å². The largest absolute Gasteiger partial charge is 0.394 e. The summed E-state index contributed by atoms with van der Waals surface area (Å²) in [5, 5.41) is 10.1. The summed E-state index contributed by atoms with van der Waals surface area (Å²) in [6, 6.07) is 10.5. The number of hydrogen-bond donors (Lipinski definition) is 1. The number of aliphatic hydroxyl groups excluding tert-OH is 1. The summed E-state index contributed by atoms with van der Waals surface area (Å²) >= 11 is 0. The smallest absolute Gasteiger partial charge is 0.351 e. The third-order valence-electron chi connectivity index (χ3n) is 7.10. The minimum Gasteiger partial charge on any atom is -0.394 e. The molecule has 1 aromatic heterocycles. The molecule has 6 atom stereocenters. The number of rotatable bonds is 7. The van der Waals surface area contributed by atoms with Gasteiger partial charge >= 0.3 is 5.69 Å². The van der Waals surface area contributed by atoms with E-state index in [1.54, 1.807) is 17.4 Å². The Morgan fingerprint density at radius 1 is 1.36 bits per heavy atom. The molecule has 0 amide bonds. The number of aliphatic hydroxyl groups is 1. The van der Waals surface area contributed by atoms with Crippen molar-refractivity contribution in [3.63, 3.8) is 0 Å². The van der Waals surface area contributed by atoms with Crippen LogP contribution in [0.1, 0.15) is 43.5 Å². The molecule has 194 valence electrons. The van der Waals surface area contributed by atoms with Crippen LogP contribution in [0.2, 0.25) is 0 Å². The summed E-state index contributed by atoms with van der Waals surface area (Å²) in [7, 11) is 2.36. The third kappa shape index (κ3) is 4.74. The third-order valence-corrected chi connectivity index (χ3v) is 8.98. The SMILES string of the molecule is Cc1cn([C@H]2C[C@@H](O[P@@]3O[C@](C)(c4ccccc4)[C@@H]4CCCN43)[C@@H](CO)O2)c(=O)nc1/N=C\N(C)C. The first-order valence-electron chi connectivity index (χ1n) is 12.3. The van der Waals surface area contributed by atoms with Crippen molar-refractivity contribution in [1.82, 2.24) is 19.1 Å². The van der Waals surface area contributed by atoms with E-state index in [1.807, 2.05) is 39.2 Å². The number of fused-ring (bicyclic) bond motifs is 1. The lowest BCUT2D eigenvalue weighted by Gasteiger charge is -2.29. The second kappa shape index (κ2) is 10.3. The molecule has 4 heterocycles. The minimum absolute atomic E-state index is 0.212. The van der Waals surface area contributed by atoms with Crippen LogP contribution in [-0.4, -0.2) is 76.1 Å². The Kier molecular flexibility index (Phi) is 7.27. The van der Waals surface area contributed by atoms with Crippen molar-refractivity contribution >= 4 is 20.7 Å². The van der Waals surface area contributed by atoms with Crippen molar-refractivity contribution in [2.75, 3.05) is 27.2 Å². The Hall–Kier alpha value is -2.20. The highest BCUT2D eigenvalue weighted by molar-refractivity contribution is 7.45. The standard InChI is InChI=1S/C25H34N5O5P/c1-17-14-29(24(32)27-23(17)26-16-28(3)4)22-13-19(20(15-31)33-22)34-36-30-12-8-11-21(30)25(2,35-36)18-9-6-5-7-10-18/h5-7,9-10,14,16,19-22,31H,8,11-13,15H2,1-4H3/b26-16-/t19-,20-,21+,22-,25-,36+/m1/s1. The summed E-state index contributed by atoms with van der Waals surface area (Å²) in [5.41, 5.74) is 0.980. The Morgan fingerprint density at radius 2 is 2.14 bits per heavy atom. The number of nitrogens with zero attached hydrogens (tertiary/aromatic N) is 5. The number of aliphatic imine (C=N–C) groups is 1. The van der Waals surface area contributed by atoms with E-state index in [4.69, 9.17) is 13.8 Å². The zero-order valence-corrected chi connectivity index (χ0v) is 22.0. The molecule has 0 spiro atoms. The quantitative estimate of drug-likeness (QED) is 0.341. The van der Waals surface area contributed by atoms with Crippen LogP contribution >= 0.6 is 8.53 Å². The molecule has 3 saturated heterocycles. The maximum Gasteiger partial charge on any atom is 0.351 e. The van der Waals surface area contributed by atoms with Crippen LogP contribution in [0.3, 0.4) is 0 Å². The lowest BCUT2D eigenvalue weighted by Crippen LogP contribution is -2.36. The summed E-state index contributed by atoms with van der Waals surface area (Å²) in [5.74, 6) is 0.373. The first-order valence-corrected chi connectivity index (χ1v) is 13.5. The summed E-state index contributed by atoms with van der Waals surface area (Å²) in [4.78, 5) is 23.0.